The van der Waals surface area contributed by atoms with E-state index in [1.165, 1.54) is 96.3 Å². The Bertz CT molecular complexity index is 2480. The molecule has 25 heteroatoms. The lowest BCUT2D eigenvalue weighted by atomic mass is 9.95. The fourth-order valence-electron chi connectivity index (χ4n) is 16.0. The van der Waals surface area contributed by atoms with Crippen molar-refractivity contribution < 1.29 is 106 Å². The number of rotatable bonds is 80. The van der Waals surface area contributed by atoms with Crippen molar-refractivity contribution in [2.75, 3.05) is 13.2 Å². The van der Waals surface area contributed by atoms with Crippen LogP contribution in [0, 0.1) is 0 Å². The molecule has 2 amide bonds. The summed E-state index contributed by atoms with van der Waals surface area (Å²) in [6, 6.07) is -3.47. The lowest BCUT2D eigenvalue weighted by Gasteiger charge is -2.46. The van der Waals surface area contributed by atoms with E-state index in [0.717, 1.165) is 212 Å². The largest absolute Gasteiger partial charge is 0.470 e. The van der Waals surface area contributed by atoms with E-state index in [0.29, 0.717) is 51.4 Å². The Morgan fingerprint density at radius 1 is 0.359 bits per heavy atom. The number of amides is 2. The van der Waals surface area contributed by atoms with Crippen LogP contribution in [0.4, 0.5) is 0 Å². The van der Waals surface area contributed by atoms with Crippen LogP contribution in [-0.2, 0) is 71.0 Å². The normalized spacial score (nSPS) is 20.7. The molecule has 688 valence electrons. The van der Waals surface area contributed by atoms with Gasteiger partial charge in [0.1, 0.15) is 48.7 Å². The highest BCUT2D eigenvalue weighted by Gasteiger charge is 2.54. The van der Waals surface area contributed by atoms with Crippen molar-refractivity contribution in [1.82, 2.24) is 10.6 Å². The van der Waals surface area contributed by atoms with Gasteiger partial charge < -0.3 is 79.1 Å². The molecule has 2 saturated heterocycles. The SMILES string of the molecule is CCCCCCCCCCCC(=O)O[C@H](CCCCCCCCCCC)CC(=O)NC1[C@H](OCC2O[C@@H](O)C(NC(=O)C[C@H](O)CCCCCCCCCCC)[C@@H](OC(=O)C[C@H](O)CCCCCCCCCCC)[C@@H]2O)OC(CO)[C@@H](OP(=O)(O)O)[C@@H]1OC(=O)C[C@@H](CCCCCCCCCCC)OC(=O)CCCCCCCCCCC. The Balaban J connectivity index is 2.74. The molecule has 0 bridgehead atoms. The molecule has 2 heterocycles. The highest BCUT2D eigenvalue weighted by atomic mass is 31.2. The number of carbonyl (C=O) groups excluding carboxylic acids is 6. The van der Waals surface area contributed by atoms with Crippen LogP contribution in [0.15, 0.2) is 0 Å². The van der Waals surface area contributed by atoms with Gasteiger partial charge in [0.25, 0.3) is 0 Å². The third-order valence-corrected chi connectivity index (χ3v) is 23.6. The van der Waals surface area contributed by atoms with E-state index in [2.05, 4.69) is 52.2 Å². The van der Waals surface area contributed by atoms with Gasteiger partial charge in [-0.15, -0.1) is 0 Å². The van der Waals surface area contributed by atoms with Crippen molar-refractivity contribution in [3.8, 4) is 0 Å². The molecule has 24 nitrogen and oxygen atoms in total. The second-order valence-electron chi connectivity index (χ2n) is 34.2. The molecule has 0 aromatic rings. The molecule has 14 atom stereocenters. The number of phosphoric ester groups is 1. The lowest BCUT2D eigenvalue weighted by molar-refractivity contribution is -0.298. The Morgan fingerprint density at radius 3 is 1.05 bits per heavy atom. The van der Waals surface area contributed by atoms with Crippen molar-refractivity contribution in [2.45, 2.75) is 538 Å². The summed E-state index contributed by atoms with van der Waals surface area (Å²) >= 11 is 0. The van der Waals surface area contributed by atoms with Gasteiger partial charge in [0.15, 0.2) is 24.8 Å². The van der Waals surface area contributed by atoms with Crippen molar-refractivity contribution in [3.05, 3.63) is 0 Å². The molecule has 0 spiro atoms. The van der Waals surface area contributed by atoms with Gasteiger partial charge >= 0.3 is 31.7 Å². The fraction of sp³-hybridized carbons (Fsp3) is 0.935. The first kappa shape index (κ1) is 110. The lowest BCUT2D eigenvalue weighted by Crippen LogP contribution is -2.68. The van der Waals surface area contributed by atoms with E-state index >= 15 is 4.79 Å². The average molecular weight is 1690 g/mol. The van der Waals surface area contributed by atoms with Crippen LogP contribution in [0.25, 0.3) is 0 Å². The van der Waals surface area contributed by atoms with Gasteiger partial charge in [0.2, 0.25) is 11.8 Å². The van der Waals surface area contributed by atoms with Gasteiger partial charge in [-0.2, -0.15) is 0 Å². The van der Waals surface area contributed by atoms with E-state index in [9.17, 15) is 63.9 Å². The van der Waals surface area contributed by atoms with Crippen LogP contribution in [0.2, 0.25) is 0 Å². The molecule has 2 aliphatic heterocycles. The van der Waals surface area contributed by atoms with E-state index in [1.54, 1.807) is 0 Å². The minimum atomic E-state index is -5.62. The summed E-state index contributed by atoms with van der Waals surface area (Å²) in [5.74, 6) is -4.56. The zero-order valence-electron chi connectivity index (χ0n) is 74.5. The molecule has 2 aliphatic rings. The molecule has 117 heavy (non-hydrogen) atoms. The predicted octanol–water partition coefficient (Wildman–Crippen LogP) is 19.7. The molecule has 0 radical (unpaired) electrons. The number of aliphatic hydroxyl groups is 5. The first-order valence-electron chi connectivity index (χ1n) is 48.0. The maximum Gasteiger partial charge on any atom is 0.470 e. The number of phosphoric acid groups is 1. The highest BCUT2D eigenvalue weighted by Crippen LogP contribution is 2.43. The second kappa shape index (κ2) is 73.0. The fourth-order valence-corrected chi connectivity index (χ4v) is 16.6. The Hall–Kier alpha value is -3.39. The molecule has 2 rings (SSSR count). The van der Waals surface area contributed by atoms with Crippen LogP contribution in [0.3, 0.4) is 0 Å². The minimum absolute atomic E-state index is 0.109. The Labute approximate surface area is 708 Å². The third-order valence-electron chi connectivity index (χ3n) is 23.1. The van der Waals surface area contributed by atoms with E-state index < -0.39 is 168 Å². The summed E-state index contributed by atoms with van der Waals surface area (Å²) in [6.45, 7) is 11.2. The Kier molecular flexibility index (Phi) is 68.4. The molecule has 0 aromatic heterocycles. The summed E-state index contributed by atoms with van der Waals surface area (Å²) in [6.07, 6.45) is 35.5. The van der Waals surface area contributed by atoms with Crippen LogP contribution >= 0.6 is 7.82 Å². The maximum atomic E-state index is 15.1. The summed E-state index contributed by atoms with van der Waals surface area (Å²) in [5, 5.41) is 63.2. The molecule has 9 N–H and O–H groups in total. The standard InChI is InChI=1S/C92H173N2O22P/c1-7-13-19-25-31-37-43-49-55-61-73(96)67-79(98)93-85-89(114-83(102)68-74(97)62-56-50-44-38-32-26-20-14-8-2)87(104)78(112-91(85)105)72-109-92-86(94-80(99)69-75(63-57-51-45-39-33-27-21-15-9-3)110-81(100)65-59-53-47-41-35-29-23-17-11-5)90(88(77(71-95)113-92)116-117(106,107)108)115-84(103)70-76(64-58-52-46-40-34-28-22-16-10-4)111-82(101)66-60-54-48-42-36-30-24-18-12-6/h73-78,85-92,95-97,104-105H,7-72H2,1-6H3,(H,93,98)(H,94,99)(H2,106,107,108)/t73-,74-,75-,76-,77?,78?,85?,86?,87-,88-,89-,90-,91-,92-/m1/s1. The number of aliphatic hydroxyl groups excluding tert-OH is 5. The number of carbonyl (C=O) groups is 6. The summed E-state index contributed by atoms with van der Waals surface area (Å²) < 4.78 is 61.7. The Morgan fingerprint density at radius 2 is 0.675 bits per heavy atom. The van der Waals surface area contributed by atoms with Crippen molar-refractivity contribution in [1.29, 1.82) is 0 Å². The smallest absolute Gasteiger partial charge is 0.462 e. The van der Waals surface area contributed by atoms with Crippen molar-refractivity contribution >= 4 is 43.5 Å². The second-order valence-corrected chi connectivity index (χ2v) is 35.4. The first-order valence-corrected chi connectivity index (χ1v) is 49.5. The van der Waals surface area contributed by atoms with Gasteiger partial charge in [0, 0.05) is 12.8 Å². The first-order chi connectivity index (χ1) is 56.6. The number of unbranched alkanes of at least 4 members (excludes halogenated alkanes) is 48. The van der Waals surface area contributed by atoms with Crippen LogP contribution in [-0.4, -0.2) is 170 Å². The molecular weight excluding hydrogens is 1520 g/mol. The van der Waals surface area contributed by atoms with Crippen LogP contribution in [0.1, 0.15) is 452 Å². The predicted molar refractivity (Wildman–Crippen MR) is 460 cm³/mol. The summed E-state index contributed by atoms with van der Waals surface area (Å²) in [4.78, 5) is 107. The zero-order valence-corrected chi connectivity index (χ0v) is 75.3. The number of nitrogens with one attached hydrogen (secondary N) is 2. The monoisotopic (exact) mass is 1690 g/mol. The van der Waals surface area contributed by atoms with Gasteiger partial charge in [-0.05, 0) is 51.4 Å². The summed E-state index contributed by atoms with van der Waals surface area (Å²) in [7, 11) is -5.62. The van der Waals surface area contributed by atoms with E-state index in [4.69, 9.17) is 37.7 Å². The van der Waals surface area contributed by atoms with Crippen molar-refractivity contribution in [2.24, 2.45) is 0 Å². The number of hydrogen-bond donors (Lipinski definition) is 9. The number of ether oxygens (including phenoxy) is 7. The number of esters is 4. The molecule has 2 fully saturated rings. The van der Waals surface area contributed by atoms with Crippen LogP contribution in [0.5, 0.6) is 0 Å². The van der Waals surface area contributed by atoms with E-state index in [1.807, 2.05) is 0 Å². The number of hydrogen-bond acceptors (Lipinski definition) is 20. The third kappa shape index (κ3) is 57.6. The maximum absolute atomic E-state index is 15.1. The summed E-state index contributed by atoms with van der Waals surface area (Å²) in [5.41, 5.74) is 0. The quantitative estimate of drug-likeness (QED) is 0.0118. The highest BCUT2D eigenvalue weighted by molar-refractivity contribution is 7.46. The van der Waals surface area contributed by atoms with Gasteiger partial charge in [-0.1, -0.05) is 363 Å². The van der Waals surface area contributed by atoms with E-state index in [-0.39, 0.29) is 25.7 Å². The topological polar surface area (TPSA) is 359 Å². The molecule has 0 saturated carbocycles. The molecule has 0 aliphatic carbocycles. The van der Waals surface area contributed by atoms with Crippen LogP contribution < -0.4 is 10.6 Å². The van der Waals surface area contributed by atoms with Gasteiger partial charge in [-0.25, -0.2) is 4.57 Å². The zero-order chi connectivity index (χ0) is 85.8. The molecule has 4 unspecified atom stereocenters. The van der Waals surface area contributed by atoms with Gasteiger partial charge in [0.05, 0.1) is 51.1 Å². The van der Waals surface area contributed by atoms with Gasteiger partial charge in [-0.3, -0.25) is 33.3 Å². The molecule has 0 aromatic carbocycles. The minimum Gasteiger partial charge on any atom is -0.462 e. The molecular formula is C92H173N2O22P. The average Bonchev–Trinajstić information content (AvgIpc) is 0.779. The van der Waals surface area contributed by atoms with Crippen molar-refractivity contribution in [3.63, 3.8) is 0 Å².